The number of carbonyl (C=O) groups excluding carboxylic acids is 2. The van der Waals surface area contributed by atoms with Gasteiger partial charge in [0.15, 0.2) is 6.10 Å². The van der Waals surface area contributed by atoms with Crippen LogP contribution in [0, 0.1) is 0 Å². The number of sulfonamides is 2. The minimum absolute atomic E-state index is 0.00380. The Morgan fingerprint density at radius 1 is 0.941 bits per heavy atom. The van der Waals surface area contributed by atoms with E-state index in [9.17, 15) is 26.4 Å². The Labute approximate surface area is 199 Å². The van der Waals surface area contributed by atoms with Crippen LogP contribution < -0.4 is 10.5 Å². The van der Waals surface area contributed by atoms with Gasteiger partial charge in [-0.3, -0.25) is 4.79 Å². The first-order valence-electron chi connectivity index (χ1n) is 10.7. The summed E-state index contributed by atoms with van der Waals surface area (Å²) in [6, 6.07) is 10.7. The van der Waals surface area contributed by atoms with Crippen LogP contribution >= 0.6 is 0 Å². The summed E-state index contributed by atoms with van der Waals surface area (Å²) < 4.78 is 55.3. The van der Waals surface area contributed by atoms with Crippen molar-refractivity contribution in [3.63, 3.8) is 0 Å². The standard InChI is InChI=1S/C22H27N3O7S2/c1-16(21(26)24-18-9-11-19(12-10-18)33(23,28)29)32-22(27)17-7-6-8-20(15-17)34(30,31)25-13-4-2-3-5-14-25/h6-12,15-16H,2-5,13-14H2,1H3,(H,24,26)(H2,23,28,29)/t16-/m1/s1. The van der Waals surface area contributed by atoms with Crippen LogP contribution in [0.4, 0.5) is 5.69 Å². The zero-order valence-electron chi connectivity index (χ0n) is 18.6. The van der Waals surface area contributed by atoms with Crippen LogP contribution in [0.25, 0.3) is 0 Å². The van der Waals surface area contributed by atoms with E-state index < -0.39 is 38.0 Å². The molecule has 3 N–H and O–H groups in total. The molecular formula is C22H27N3O7S2. The summed E-state index contributed by atoms with van der Waals surface area (Å²) in [7, 11) is -7.61. The summed E-state index contributed by atoms with van der Waals surface area (Å²) in [5.41, 5.74) is 0.291. The Morgan fingerprint density at radius 3 is 2.15 bits per heavy atom. The molecule has 0 aliphatic carbocycles. The SMILES string of the molecule is C[C@@H](OC(=O)c1cccc(S(=O)(=O)N2CCCCCC2)c1)C(=O)Nc1ccc(S(N)(=O)=O)cc1. The Hall–Kier alpha value is -2.80. The fourth-order valence-corrected chi connectivity index (χ4v) is 5.55. The van der Waals surface area contributed by atoms with E-state index in [0.29, 0.717) is 13.1 Å². The van der Waals surface area contributed by atoms with Crippen molar-refractivity contribution >= 4 is 37.6 Å². The van der Waals surface area contributed by atoms with Crippen molar-refractivity contribution in [2.75, 3.05) is 18.4 Å². The van der Waals surface area contributed by atoms with Crippen LogP contribution in [-0.2, 0) is 29.6 Å². The Morgan fingerprint density at radius 2 is 1.56 bits per heavy atom. The van der Waals surface area contributed by atoms with E-state index in [2.05, 4.69) is 5.32 Å². The minimum atomic E-state index is -3.86. The summed E-state index contributed by atoms with van der Waals surface area (Å²) in [5, 5.41) is 7.55. The third kappa shape index (κ3) is 6.41. The van der Waals surface area contributed by atoms with Crippen molar-refractivity contribution in [2.45, 2.75) is 48.5 Å². The zero-order chi connectivity index (χ0) is 24.9. The minimum Gasteiger partial charge on any atom is -0.449 e. The molecule has 12 heteroatoms. The maximum atomic E-state index is 13.0. The quantitative estimate of drug-likeness (QED) is 0.542. The van der Waals surface area contributed by atoms with Crippen molar-refractivity contribution in [3.05, 3.63) is 54.1 Å². The number of carbonyl (C=O) groups is 2. The highest BCUT2D eigenvalue weighted by molar-refractivity contribution is 7.89. The second kappa shape index (κ2) is 10.6. The lowest BCUT2D eigenvalue weighted by molar-refractivity contribution is -0.123. The number of benzene rings is 2. The second-order valence-electron chi connectivity index (χ2n) is 7.95. The molecule has 0 bridgehead atoms. The molecule has 0 radical (unpaired) electrons. The van der Waals surface area contributed by atoms with Gasteiger partial charge >= 0.3 is 5.97 Å². The van der Waals surface area contributed by atoms with Gasteiger partial charge in [0.1, 0.15) is 0 Å². The predicted molar refractivity (Wildman–Crippen MR) is 125 cm³/mol. The van der Waals surface area contributed by atoms with Crippen LogP contribution in [0.3, 0.4) is 0 Å². The number of ether oxygens (including phenoxy) is 1. The molecular weight excluding hydrogens is 482 g/mol. The monoisotopic (exact) mass is 509 g/mol. The van der Waals surface area contributed by atoms with Gasteiger partial charge in [0.2, 0.25) is 20.0 Å². The van der Waals surface area contributed by atoms with Crippen LogP contribution in [-0.4, -0.2) is 52.2 Å². The van der Waals surface area contributed by atoms with Gasteiger partial charge in [-0.1, -0.05) is 18.9 Å². The second-order valence-corrected chi connectivity index (χ2v) is 11.5. The van der Waals surface area contributed by atoms with Gasteiger partial charge in [0.05, 0.1) is 15.4 Å². The van der Waals surface area contributed by atoms with Gasteiger partial charge in [-0.15, -0.1) is 0 Å². The molecule has 1 heterocycles. The smallest absolute Gasteiger partial charge is 0.338 e. The number of hydrogen-bond donors (Lipinski definition) is 2. The number of rotatable bonds is 7. The largest absolute Gasteiger partial charge is 0.449 e. The molecule has 1 fully saturated rings. The average Bonchev–Trinajstić information content (AvgIpc) is 3.09. The predicted octanol–water partition coefficient (Wildman–Crippen LogP) is 2.08. The number of nitrogens with two attached hydrogens (primary N) is 1. The van der Waals surface area contributed by atoms with Crippen molar-refractivity contribution in [1.82, 2.24) is 4.31 Å². The fraction of sp³-hybridized carbons (Fsp3) is 0.364. The normalized spacial score (nSPS) is 16.3. The van der Waals surface area contributed by atoms with Crippen LogP contribution in [0.1, 0.15) is 43.0 Å². The third-order valence-electron chi connectivity index (χ3n) is 5.38. The summed E-state index contributed by atoms with van der Waals surface area (Å²) in [6.07, 6.45) is 2.34. The van der Waals surface area contributed by atoms with Crippen molar-refractivity contribution in [1.29, 1.82) is 0 Å². The van der Waals surface area contributed by atoms with E-state index in [1.807, 2.05) is 0 Å². The van der Waals surface area contributed by atoms with E-state index in [1.54, 1.807) is 0 Å². The first-order chi connectivity index (χ1) is 16.0. The zero-order valence-corrected chi connectivity index (χ0v) is 20.3. The third-order valence-corrected chi connectivity index (χ3v) is 8.20. The van der Waals surface area contributed by atoms with Gasteiger partial charge in [-0.25, -0.2) is 26.8 Å². The van der Waals surface area contributed by atoms with Gasteiger partial charge < -0.3 is 10.1 Å². The molecule has 0 saturated carbocycles. The van der Waals surface area contributed by atoms with Crippen molar-refractivity contribution < 1.29 is 31.2 Å². The highest BCUT2D eigenvalue weighted by Gasteiger charge is 2.27. The fourth-order valence-electron chi connectivity index (χ4n) is 3.47. The van der Waals surface area contributed by atoms with Crippen molar-refractivity contribution in [2.24, 2.45) is 5.14 Å². The number of amides is 1. The van der Waals surface area contributed by atoms with Crippen LogP contribution in [0.5, 0.6) is 0 Å². The topological polar surface area (TPSA) is 153 Å². The van der Waals surface area contributed by atoms with E-state index in [4.69, 9.17) is 9.88 Å². The lowest BCUT2D eigenvalue weighted by atomic mass is 10.2. The number of primary sulfonamides is 1. The molecule has 2 aromatic rings. The first kappa shape index (κ1) is 25.8. The first-order valence-corrected chi connectivity index (χ1v) is 13.7. The summed E-state index contributed by atoms with van der Waals surface area (Å²) in [5.74, 6) is -1.50. The van der Waals surface area contributed by atoms with Crippen molar-refractivity contribution in [3.8, 4) is 0 Å². The molecule has 0 aromatic heterocycles. The molecule has 184 valence electrons. The maximum Gasteiger partial charge on any atom is 0.338 e. The van der Waals surface area contributed by atoms with E-state index in [1.165, 1.54) is 59.8 Å². The number of hydrogen-bond acceptors (Lipinski definition) is 7. The highest BCUT2D eigenvalue weighted by atomic mass is 32.2. The number of esters is 1. The highest BCUT2D eigenvalue weighted by Crippen LogP contribution is 2.22. The van der Waals surface area contributed by atoms with Gasteiger partial charge in [0, 0.05) is 18.8 Å². The Balaban J connectivity index is 1.66. The van der Waals surface area contributed by atoms with Gasteiger partial charge in [-0.2, -0.15) is 4.31 Å². The van der Waals surface area contributed by atoms with Crippen LogP contribution in [0.2, 0.25) is 0 Å². The summed E-state index contributed by atoms with van der Waals surface area (Å²) in [4.78, 5) is 24.9. The average molecular weight is 510 g/mol. The molecule has 1 saturated heterocycles. The molecule has 0 spiro atoms. The van der Waals surface area contributed by atoms with Gasteiger partial charge in [-0.05, 0) is 62.2 Å². The molecule has 1 aliphatic heterocycles. The van der Waals surface area contributed by atoms with E-state index in [0.717, 1.165) is 25.7 Å². The Kier molecular flexibility index (Phi) is 8.08. The lowest BCUT2D eigenvalue weighted by Gasteiger charge is -2.20. The number of anilines is 1. The molecule has 10 nitrogen and oxygen atoms in total. The number of nitrogens with one attached hydrogen (secondary N) is 1. The van der Waals surface area contributed by atoms with E-state index in [-0.39, 0.29) is 21.0 Å². The van der Waals surface area contributed by atoms with E-state index >= 15 is 0 Å². The molecule has 0 unspecified atom stereocenters. The molecule has 1 atom stereocenters. The van der Waals surface area contributed by atoms with Gasteiger partial charge in [0.25, 0.3) is 5.91 Å². The maximum absolute atomic E-state index is 13.0. The molecule has 1 aliphatic rings. The molecule has 3 rings (SSSR count). The summed E-state index contributed by atoms with van der Waals surface area (Å²) >= 11 is 0. The summed E-state index contributed by atoms with van der Waals surface area (Å²) in [6.45, 7) is 2.24. The molecule has 2 aromatic carbocycles. The number of nitrogens with zero attached hydrogens (tertiary/aromatic N) is 1. The Bertz CT molecular complexity index is 1250. The lowest BCUT2D eigenvalue weighted by Crippen LogP contribution is -2.32. The molecule has 34 heavy (non-hydrogen) atoms. The molecule has 1 amide bonds. The van der Waals surface area contributed by atoms with Crippen LogP contribution in [0.15, 0.2) is 58.3 Å².